The van der Waals surface area contributed by atoms with Crippen LogP contribution in [-0.4, -0.2) is 30.8 Å². The van der Waals surface area contributed by atoms with Crippen LogP contribution in [0.25, 0.3) is 0 Å². The Hall–Kier alpha value is -2.06. The zero-order valence-electron chi connectivity index (χ0n) is 11.9. The molecule has 0 atom stereocenters. The zero-order chi connectivity index (χ0) is 17.0. The smallest absolute Gasteiger partial charge is 0.362 e. The molecule has 122 valence electrons. The van der Waals surface area contributed by atoms with Gasteiger partial charge >= 0.3 is 5.38 Å². The third kappa shape index (κ3) is 4.97. The Bertz CT molecular complexity index is 734. The third-order valence-electron chi connectivity index (χ3n) is 2.72. The van der Waals surface area contributed by atoms with Crippen LogP contribution in [0, 0.1) is 0 Å². The zero-order valence-corrected chi connectivity index (χ0v) is 13.4. The van der Waals surface area contributed by atoms with Crippen LogP contribution in [0.5, 0.6) is 0 Å². The molecule has 0 bridgehead atoms. The number of nitrogens with two attached hydrogens (primary N) is 1. The standard InChI is InChI=1S/C13H12Cl2F2N6/c1-23-12(2-3-21-23)22-9(4-10(18)13(15,16)17)5-11-19-6-8(14)7-20-11/h2-4,6-7H,5,18H2,1H3/b10-4-,22-9-. The molecule has 0 saturated carbocycles. The van der Waals surface area contributed by atoms with Crippen molar-refractivity contribution in [3.8, 4) is 0 Å². The molecule has 2 aromatic heterocycles. The summed E-state index contributed by atoms with van der Waals surface area (Å²) in [5.74, 6) is 0.799. The molecule has 0 aliphatic rings. The summed E-state index contributed by atoms with van der Waals surface area (Å²) in [7, 11) is 1.67. The molecule has 0 spiro atoms. The molecule has 6 nitrogen and oxygen atoms in total. The fourth-order valence-corrected chi connectivity index (χ4v) is 1.75. The quantitative estimate of drug-likeness (QED) is 0.656. The molecule has 2 heterocycles. The van der Waals surface area contributed by atoms with Crippen LogP contribution in [0.15, 0.2) is 41.4 Å². The van der Waals surface area contributed by atoms with Crippen molar-refractivity contribution in [1.29, 1.82) is 0 Å². The Kier molecular flexibility index (Phi) is 5.27. The van der Waals surface area contributed by atoms with E-state index in [2.05, 4.69) is 20.1 Å². The van der Waals surface area contributed by atoms with E-state index in [1.807, 2.05) is 0 Å². The van der Waals surface area contributed by atoms with Crippen LogP contribution in [0.3, 0.4) is 0 Å². The molecule has 23 heavy (non-hydrogen) atoms. The van der Waals surface area contributed by atoms with E-state index in [0.717, 1.165) is 6.08 Å². The maximum atomic E-state index is 13.1. The first-order chi connectivity index (χ1) is 10.8. The predicted octanol–water partition coefficient (Wildman–Crippen LogP) is 2.85. The third-order valence-corrected chi connectivity index (χ3v) is 3.13. The van der Waals surface area contributed by atoms with Crippen molar-refractivity contribution in [2.45, 2.75) is 11.8 Å². The Morgan fingerprint density at radius 1 is 1.43 bits per heavy atom. The van der Waals surface area contributed by atoms with E-state index in [1.54, 1.807) is 13.1 Å². The van der Waals surface area contributed by atoms with E-state index in [0.29, 0.717) is 16.7 Å². The number of alkyl halides is 3. The Labute approximate surface area is 140 Å². The fourth-order valence-electron chi connectivity index (χ4n) is 1.60. The molecule has 2 aromatic rings. The van der Waals surface area contributed by atoms with Crippen molar-refractivity contribution in [2.75, 3.05) is 0 Å². The van der Waals surface area contributed by atoms with Gasteiger partial charge in [0.05, 0.1) is 29.0 Å². The maximum absolute atomic E-state index is 13.1. The van der Waals surface area contributed by atoms with Gasteiger partial charge in [-0.05, 0) is 17.7 Å². The molecule has 0 unspecified atom stereocenters. The van der Waals surface area contributed by atoms with Crippen molar-refractivity contribution in [3.63, 3.8) is 0 Å². The number of hydrogen-bond donors (Lipinski definition) is 1. The molecule has 2 rings (SSSR count). The van der Waals surface area contributed by atoms with Crippen molar-refractivity contribution < 1.29 is 8.78 Å². The summed E-state index contributed by atoms with van der Waals surface area (Å²) in [4.78, 5) is 12.2. The first-order valence-corrected chi connectivity index (χ1v) is 7.07. The van der Waals surface area contributed by atoms with Crippen molar-refractivity contribution in [3.05, 3.63) is 47.3 Å². The van der Waals surface area contributed by atoms with Gasteiger partial charge in [0.2, 0.25) is 0 Å². The largest absolute Gasteiger partial charge is 0.396 e. The lowest BCUT2D eigenvalue weighted by atomic mass is 10.2. The lowest BCUT2D eigenvalue weighted by Gasteiger charge is -2.09. The van der Waals surface area contributed by atoms with Gasteiger partial charge in [0.15, 0.2) is 0 Å². The summed E-state index contributed by atoms with van der Waals surface area (Å²) in [6.45, 7) is 0. The highest BCUT2D eigenvalue weighted by molar-refractivity contribution is 6.30. The highest BCUT2D eigenvalue weighted by atomic mass is 35.5. The normalized spacial score (nSPS) is 13.4. The van der Waals surface area contributed by atoms with Gasteiger partial charge in [0.25, 0.3) is 0 Å². The van der Waals surface area contributed by atoms with Crippen molar-refractivity contribution in [1.82, 2.24) is 19.7 Å². The molecule has 0 amide bonds. The highest BCUT2D eigenvalue weighted by Crippen LogP contribution is 2.25. The molecular weight excluding hydrogens is 349 g/mol. The summed E-state index contributed by atoms with van der Waals surface area (Å²) in [6, 6.07) is 1.62. The minimum absolute atomic E-state index is 0.0655. The van der Waals surface area contributed by atoms with Gasteiger partial charge in [0, 0.05) is 25.5 Å². The van der Waals surface area contributed by atoms with Crippen LogP contribution in [-0.2, 0) is 13.5 Å². The summed E-state index contributed by atoms with van der Waals surface area (Å²) < 4.78 is 27.6. The number of aryl methyl sites for hydroxylation is 1. The Morgan fingerprint density at radius 3 is 2.61 bits per heavy atom. The van der Waals surface area contributed by atoms with Crippen LogP contribution in [0.4, 0.5) is 14.6 Å². The summed E-state index contributed by atoms with van der Waals surface area (Å²) >= 11 is 10.6. The number of aromatic nitrogens is 4. The van der Waals surface area contributed by atoms with E-state index in [9.17, 15) is 8.78 Å². The molecule has 10 heteroatoms. The van der Waals surface area contributed by atoms with Gasteiger partial charge < -0.3 is 5.73 Å². The summed E-state index contributed by atoms with van der Waals surface area (Å²) in [5, 5.41) is 0.641. The van der Waals surface area contributed by atoms with E-state index in [-0.39, 0.29) is 12.1 Å². The second-order valence-corrected chi connectivity index (χ2v) is 5.42. The SMILES string of the molecule is Cn1nccc1/N=C(/C=C(\N)C(F)(F)Cl)Cc1ncc(Cl)cn1. The fraction of sp³-hybridized carbons (Fsp3) is 0.231. The second kappa shape index (κ2) is 7.01. The van der Waals surface area contributed by atoms with Crippen molar-refractivity contribution >= 4 is 34.7 Å². The van der Waals surface area contributed by atoms with Crippen LogP contribution in [0.1, 0.15) is 5.82 Å². The van der Waals surface area contributed by atoms with E-state index >= 15 is 0 Å². The average molecular weight is 361 g/mol. The van der Waals surface area contributed by atoms with Gasteiger partial charge in [-0.3, -0.25) is 4.68 Å². The lowest BCUT2D eigenvalue weighted by Crippen LogP contribution is -2.20. The highest BCUT2D eigenvalue weighted by Gasteiger charge is 2.29. The minimum Gasteiger partial charge on any atom is -0.396 e. The van der Waals surface area contributed by atoms with E-state index in [1.165, 1.54) is 23.3 Å². The molecule has 0 aliphatic carbocycles. The Morgan fingerprint density at radius 2 is 2.09 bits per heavy atom. The number of allylic oxidation sites excluding steroid dienone is 2. The topological polar surface area (TPSA) is 82.0 Å². The molecule has 0 aliphatic heterocycles. The van der Waals surface area contributed by atoms with Crippen molar-refractivity contribution in [2.24, 2.45) is 17.8 Å². The second-order valence-electron chi connectivity index (χ2n) is 4.51. The average Bonchev–Trinajstić information content (AvgIpc) is 2.85. The summed E-state index contributed by atoms with van der Waals surface area (Å²) in [5.41, 5.74) is 4.69. The van der Waals surface area contributed by atoms with Gasteiger partial charge in [-0.25, -0.2) is 15.0 Å². The first-order valence-electron chi connectivity index (χ1n) is 6.32. The van der Waals surface area contributed by atoms with E-state index in [4.69, 9.17) is 28.9 Å². The molecule has 0 fully saturated rings. The number of halogens is 4. The van der Waals surface area contributed by atoms with Crippen LogP contribution in [0.2, 0.25) is 5.02 Å². The number of aliphatic imine (C=N–C) groups is 1. The molecule has 0 saturated heterocycles. The van der Waals surface area contributed by atoms with Gasteiger partial charge in [-0.1, -0.05) is 11.6 Å². The number of hydrogen-bond acceptors (Lipinski definition) is 5. The van der Waals surface area contributed by atoms with Crippen LogP contribution >= 0.6 is 23.2 Å². The maximum Gasteiger partial charge on any atom is 0.362 e. The van der Waals surface area contributed by atoms with Gasteiger partial charge in [-0.15, -0.1) is 0 Å². The lowest BCUT2D eigenvalue weighted by molar-refractivity contribution is 0.137. The van der Waals surface area contributed by atoms with Crippen LogP contribution < -0.4 is 5.73 Å². The van der Waals surface area contributed by atoms with Gasteiger partial charge in [0.1, 0.15) is 11.6 Å². The number of nitrogens with zero attached hydrogens (tertiary/aromatic N) is 5. The van der Waals surface area contributed by atoms with E-state index < -0.39 is 11.1 Å². The number of rotatable bonds is 5. The Balaban J connectivity index is 2.37. The molecule has 0 aromatic carbocycles. The predicted molar refractivity (Wildman–Crippen MR) is 84.1 cm³/mol. The molecule has 2 N–H and O–H groups in total. The molecule has 0 radical (unpaired) electrons. The monoisotopic (exact) mass is 360 g/mol. The summed E-state index contributed by atoms with van der Waals surface area (Å²) in [6.07, 6.45) is 5.38. The minimum atomic E-state index is -3.67. The molecular formula is C13H12Cl2F2N6. The first kappa shape index (κ1) is 17.3. The van der Waals surface area contributed by atoms with Gasteiger partial charge in [-0.2, -0.15) is 13.9 Å².